The monoisotopic (exact) mass is 186 g/mol. The quantitative estimate of drug-likeness (QED) is 0.797. The summed E-state index contributed by atoms with van der Waals surface area (Å²) in [4.78, 5) is 4.56. The van der Waals surface area contributed by atoms with Gasteiger partial charge in [-0.1, -0.05) is 24.3 Å². The summed E-state index contributed by atoms with van der Waals surface area (Å²) in [7, 11) is 0. The van der Waals surface area contributed by atoms with Crippen molar-refractivity contribution in [3.63, 3.8) is 0 Å². The first-order valence-corrected chi connectivity index (χ1v) is 4.95. The number of rotatable bonds is 3. The Morgan fingerprint density at radius 2 is 1.93 bits per heavy atom. The molecule has 0 fully saturated rings. The lowest BCUT2D eigenvalue weighted by Gasteiger charge is -2.01. The van der Waals surface area contributed by atoms with E-state index < -0.39 is 0 Å². The Labute approximate surface area is 83.8 Å². The molecule has 2 nitrogen and oxygen atoms in total. The Bertz CT molecular complexity index is 423. The first-order valence-electron chi connectivity index (χ1n) is 4.95. The van der Waals surface area contributed by atoms with Crippen molar-refractivity contribution in [2.24, 2.45) is 5.73 Å². The van der Waals surface area contributed by atoms with Gasteiger partial charge in [0.05, 0.1) is 5.52 Å². The number of aryl methyl sites for hydroxylation is 1. The number of pyridine rings is 1. The molecule has 2 aromatic rings. The fraction of sp³-hybridized carbons (Fsp3) is 0.250. The van der Waals surface area contributed by atoms with Crippen LogP contribution in [0.15, 0.2) is 36.4 Å². The van der Waals surface area contributed by atoms with Crippen molar-refractivity contribution in [2.45, 2.75) is 12.8 Å². The molecular formula is C12H14N2. The van der Waals surface area contributed by atoms with Gasteiger partial charge in [0.25, 0.3) is 0 Å². The highest BCUT2D eigenvalue weighted by molar-refractivity contribution is 5.78. The molecule has 1 aromatic carbocycles. The van der Waals surface area contributed by atoms with E-state index in [4.69, 9.17) is 5.73 Å². The standard InChI is InChI=1S/C12H14N2/c13-9-3-5-11-8-7-10-4-1-2-6-12(10)14-11/h1-2,4,6-8H,3,5,9,13H2. The molecule has 0 aliphatic heterocycles. The smallest absolute Gasteiger partial charge is 0.0705 e. The highest BCUT2D eigenvalue weighted by Crippen LogP contribution is 2.12. The van der Waals surface area contributed by atoms with Crippen LogP contribution in [0.25, 0.3) is 10.9 Å². The molecule has 0 saturated carbocycles. The zero-order valence-corrected chi connectivity index (χ0v) is 8.11. The molecule has 1 heterocycles. The molecule has 0 bridgehead atoms. The van der Waals surface area contributed by atoms with Gasteiger partial charge in [0.15, 0.2) is 0 Å². The van der Waals surface area contributed by atoms with Gasteiger partial charge in [0, 0.05) is 11.1 Å². The number of para-hydroxylation sites is 1. The van der Waals surface area contributed by atoms with Crippen molar-refractivity contribution in [3.05, 3.63) is 42.1 Å². The molecule has 0 unspecified atom stereocenters. The number of benzene rings is 1. The summed E-state index contributed by atoms with van der Waals surface area (Å²) in [5, 5.41) is 1.20. The van der Waals surface area contributed by atoms with Crippen molar-refractivity contribution in [1.29, 1.82) is 0 Å². The van der Waals surface area contributed by atoms with Crippen LogP contribution < -0.4 is 5.73 Å². The van der Waals surface area contributed by atoms with Gasteiger partial charge in [0.2, 0.25) is 0 Å². The molecule has 2 rings (SSSR count). The minimum absolute atomic E-state index is 0.731. The summed E-state index contributed by atoms with van der Waals surface area (Å²) in [6.45, 7) is 0.731. The molecule has 1 aromatic heterocycles. The van der Waals surface area contributed by atoms with Crippen LogP contribution in [-0.4, -0.2) is 11.5 Å². The van der Waals surface area contributed by atoms with Gasteiger partial charge in [-0.25, -0.2) is 0 Å². The molecule has 72 valence electrons. The van der Waals surface area contributed by atoms with Crippen LogP contribution in [0.1, 0.15) is 12.1 Å². The highest BCUT2D eigenvalue weighted by Gasteiger charge is 1.96. The van der Waals surface area contributed by atoms with E-state index in [1.807, 2.05) is 18.2 Å². The minimum Gasteiger partial charge on any atom is -0.330 e. The van der Waals surface area contributed by atoms with Crippen molar-refractivity contribution >= 4 is 10.9 Å². The molecular weight excluding hydrogens is 172 g/mol. The molecule has 0 saturated heterocycles. The Balaban J connectivity index is 2.32. The fourth-order valence-corrected chi connectivity index (χ4v) is 1.53. The van der Waals surface area contributed by atoms with Crippen LogP contribution in [0, 0.1) is 0 Å². The van der Waals surface area contributed by atoms with Gasteiger partial charge in [-0.3, -0.25) is 4.98 Å². The van der Waals surface area contributed by atoms with Crippen LogP contribution in [-0.2, 0) is 6.42 Å². The average Bonchev–Trinajstić information content (AvgIpc) is 2.26. The zero-order chi connectivity index (χ0) is 9.80. The molecule has 0 spiro atoms. The Morgan fingerprint density at radius 3 is 2.79 bits per heavy atom. The van der Waals surface area contributed by atoms with Gasteiger partial charge in [-0.15, -0.1) is 0 Å². The van der Waals surface area contributed by atoms with Gasteiger partial charge in [-0.05, 0) is 31.5 Å². The van der Waals surface area contributed by atoms with Crippen LogP contribution in [0.4, 0.5) is 0 Å². The third-order valence-corrected chi connectivity index (χ3v) is 2.29. The second-order valence-corrected chi connectivity index (χ2v) is 3.39. The molecule has 0 aliphatic rings. The first-order chi connectivity index (χ1) is 6.90. The molecule has 0 radical (unpaired) electrons. The lowest BCUT2D eigenvalue weighted by Crippen LogP contribution is -2.01. The van der Waals surface area contributed by atoms with Crippen molar-refractivity contribution in [2.75, 3.05) is 6.54 Å². The topological polar surface area (TPSA) is 38.9 Å². The molecule has 0 aliphatic carbocycles. The van der Waals surface area contributed by atoms with Crippen LogP contribution >= 0.6 is 0 Å². The van der Waals surface area contributed by atoms with Crippen molar-refractivity contribution in [1.82, 2.24) is 4.98 Å². The van der Waals surface area contributed by atoms with Gasteiger partial charge in [-0.2, -0.15) is 0 Å². The Hall–Kier alpha value is -1.41. The van der Waals surface area contributed by atoms with E-state index in [9.17, 15) is 0 Å². The lowest BCUT2D eigenvalue weighted by molar-refractivity contribution is 0.814. The third kappa shape index (κ3) is 1.91. The molecule has 14 heavy (non-hydrogen) atoms. The second-order valence-electron chi connectivity index (χ2n) is 3.39. The van der Waals surface area contributed by atoms with Crippen LogP contribution in [0.5, 0.6) is 0 Å². The summed E-state index contributed by atoms with van der Waals surface area (Å²) in [5.74, 6) is 0. The predicted molar refractivity (Wildman–Crippen MR) is 59.1 cm³/mol. The van der Waals surface area contributed by atoms with E-state index in [0.717, 1.165) is 30.6 Å². The number of aromatic nitrogens is 1. The Kier molecular flexibility index (Phi) is 2.75. The van der Waals surface area contributed by atoms with E-state index in [0.29, 0.717) is 0 Å². The molecule has 0 atom stereocenters. The number of hydrogen-bond acceptors (Lipinski definition) is 2. The number of fused-ring (bicyclic) bond motifs is 1. The fourth-order valence-electron chi connectivity index (χ4n) is 1.53. The number of nitrogens with two attached hydrogens (primary N) is 1. The molecule has 2 N–H and O–H groups in total. The maximum atomic E-state index is 5.46. The maximum absolute atomic E-state index is 5.46. The summed E-state index contributed by atoms with van der Waals surface area (Å²) in [6.07, 6.45) is 1.98. The van der Waals surface area contributed by atoms with Gasteiger partial charge < -0.3 is 5.73 Å². The summed E-state index contributed by atoms with van der Waals surface area (Å²) in [5.41, 5.74) is 7.67. The average molecular weight is 186 g/mol. The molecule has 0 amide bonds. The molecule has 2 heteroatoms. The number of nitrogens with zero attached hydrogens (tertiary/aromatic N) is 1. The van der Waals surface area contributed by atoms with E-state index in [-0.39, 0.29) is 0 Å². The van der Waals surface area contributed by atoms with Gasteiger partial charge in [0.1, 0.15) is 0 Å². The largest absolute Gasteiger partial charge is 0.330 e. The third-order valence-electron chi connectivity index (χ3n) is 2.29. The first kappa shape index (κ1) is 9.16. The van der Waals surface area contributed by atoms with Crippen molar-refractivity contribution < 1.29 is 0 Å². The SMILES string of the molecule is NCCCc1ccc2ccccc2n1. The van der Waals surface area contributed by atoms with E-state index in [1.165, 1.54) is 5.39 Å². The summed E-state index contributed by atoms with van der Waals surface area (Å²) in [6, 6.07) is 12.4. The maximum Gasteiger partial charge on any atom is 0.0705 e. The summed E-state index contributed by atoms with van der Waals surface area (Å²) >= 11 is 0. The second kappa shape index (κ2) is 4.20. The van der Waals surface area contributed by atoms with E-state index >= 15 is 0 Å². The number of hydrogen-bond donors (Lipinski definition) is 1. The highest BCUT2D eigenvalue weighted by atomic mass is 14.7. The Morgan fingerprint density at radius 1 is 1.07 bits per heavy atom. The summed E-state index contributed by atoms with van der Waals surface area (Å²) < 4.78 is 0. The van der Waals surface area contributed by atoms with Crippen LogP contribution in [0.3, 0.4) is 0 Å². The predicted octanol–water partition coefficient (Wildman–Crippen LogP) is 2.13. The van der Waals surface area contributed by atoms with E-state index in [2.05, 4.69) is 23.2 Å². The van der Waals surface area contributed by atoms with Crippen molar-refractivity contribution in [3.8, 4) is 0 Å². The lowest BCUT2D eigenvalue weighted by atomic mass is 10.1. The normalized spacial score (nSPS) is 10.6. The van der Waals surface area contributed by atoms with E-state index in [1.54, 1.807) is 0 Å². The van der Waals surface area contributed by atoms with Crippen LogP contribution in [0.2, 0.25) is 0 Å². The zero-order valence-electron chi connectivity index (χ0n) is 8.11. The van der Waals surface area contributed by atoms with Gasteiger partial charge >= 0.3 is 0 Å². The minimum atomic E-state index is 0.731.